The number of carbonyl (C=O) groups excluding carboxylic acids is 1. The molecule has 1 unspecified atom stereocenters. The van der Waals surface area contributed by atoms with E-state index in [0.29, 0.717) is 12.3 Å². The number of halogens is 1. The molecule has 1 rings (SSSR count). The van der Waals surface area contributed by atoms with Gasteiger partial charge in [0, 0.05) is 11.6 Å². The molecular weight excluding hydrogens is 246 g/mol. The molecule has 0 aliphatic heterocycles. The average Bonchev–Trinajstić information content (AvgIpc) is 2.38. The summed E-state index contributed by atoms with van der Waals surface area (Å²) in [6, 6.07) is 7.69. The lowest BCUT2D eigenvalue weighted by atomic mass is 10.1. The van der Waals surface area contributed by atoms with Crippen molar-refractivity contribution in [2.75, 3.05) is 11.2 Å². The Kier molecular flexibility index (Phi) is 6.23. The number of hydrogen-bond donors (Lipinski definition) is 1. The lowest BCUT2D eigenvalue weighted by Gasteiger charge is -2.14. The number of benzene rings is 1. The van der Waals surface area contributed by atoms with E-state index in [9.17, 15) is 4.79 Å². The molecule has 1 amide bonds. The highest BCUT2D eigenvalue weighted by atomic mass is 35.5. The Balaban J connectivity index is 2.79. The lowest BCUT2D eigenvalue weighted by Crippen LogP contribution is -2.24. The summed E-state index contributed by atoms with van der Waals surface area (Å²) >= 11 is 5.78. The van der Waals surface area contributed by atoms with E-state index < -0.39 is 0 Å². The summed E-state index contributed by atoms with van der Waals surface area (Å²) < 4.78 is 0. The lowest BCUT2D eigenvalue weighted by molar-refractivity contribution is -0.119. The van der Waals surface area contributed by atoms with Crippen LogP contribution >= 0.6 is 11.6 Å². The molecule has 2 nitrogen and oxygen atoms in total. The number of carbonyl (C=O) groups is 1. The highest BCUT2D eigenvalue weighted by Gasteiger charge is 2.16. The van der Waals surface area contributed by atoms with E-state index in [1.807, 2.05) is 30.3 Å². The fourth-order valence-corrected chi connectivity index (χ4v) is 1.92. The highest BCUT2D eigenvalue weighted by Crippen LogP contribution is 2.18. The molecule has 3 heteroatoms. The maximum Gasteiger partial charge on any atom is 0.229 e. The molecule has 1 atom stereocenters. The number of hydrogen-bond acceptors (Lipinski definition) is 1. The number of anilines is 1. The van der Waals surface area contributed by atoms with Gasteiger partial charge in [-0.2, -0.15) is 0 Å². The van der Waals surface area contributed by atoms with E-state index in [2.05, 4.69) is 18.5 Å². The molecule has 18 heavy (non-hydrogen) atoms. The Bertz CT molecular complexity index is 428. The van der Waals surface area contributed by atoms with Gasteiger partial charge in [-0.05, 0) is 24.5 Å². The van der Waals surface area contributed by atoms with Crippen molar-refractivity contribution in [1.29, 1.82) is 0 Å². The predicted molar refractivity (Wildman–Crippen MR) is 78.0 cm³/mol. The number of rotatable bonds is 7. The van der Waals surface area contributed by atoms with E-state index in [1.54, 1.807) is 6.08 Å². The van der Waals surface area contributed by atoms with Gasteiger partial charge in [0.15, 0.2) is 0 Å². The quantitative estimate of drug-likeness (QED) is 0.589. The molecule has 0 aliphatic carbocycles. The molecule has 1 aromatic rings. The maximum absolute atomic E-state index is 12.0. The topological polar surface area (TPSA) is 29.1 Å². The van der Waals surface area contributed by atoms with Crippen molar-refractivity contribution in [3.05, 3.63) is 55.1 Å². The van der Waals surface area contributed by atoms with Gasteiger partial charge >= 0.3 is 0 Å². The second-order valence-electron chi connectivity index (χ2n) is 4.01. The van der Waals surface area contributed by atoms with Gasteiger partial charge in [-0.3, -0.25) is 4.79 Å². The zero-order chi connectivity index (χ0) is 13.4. The normalized spacial score (nSPS) is 11.6. The van der Waals surface area contributed by atoms with Crippen LogP contribution in [0.5, 0.6) is 0 Å². The first-order chi connectivity index (χ1) is 8.72. The highest BCUT2D eigenvalue weighted by molar-refractivity contribution is 6.19. The molecule has 0 aromatic heterocycles. The van der Waals surface area contributed by atoms with Crippen LogP contribution in [0, 0.1) is 5.92 Å². The van der Waals surface area contributed by atoms with Gasteiger partial charge in [0.1, 0.15) is 0 Å². The smallest absolute Gasteiger partial charge is 0.229 e. The SMILES string of the molecule is C=CCc1ccccc1NC(=O)C(CCl)CC=C. The van der Waals surface area contributed by atoms with Gasteiger partial charge in [-0.1, -0.05) is 30.4 Å². The van der Waals surface area contributed by atoms with Crippen LogP contribution in [0.2, 0.25) is 0 Å². The van der Waals surface area contributed by atoms with Crippen molar-refractivity contribution >= 4 is 23.2 Å². The molecule has 0 bridgehead atoms. The van der Waals surface area contributed by atoms with Crippen LogP contribution in [0.1, 0.15) is 12.0 Å². The Morgan fingerprint density at radius 1 is 1.33 bits per heavy atom. The Morgan fingerprint density at radius 2 is 2.06 bits per heavy atom. The number of nitrogens with one attached hydrogen (secondary N) is 1. The monoisotopic (exact) mass is 263 g/mol. The zero-order valence-electron chi connectivity index (χ0n) is 10.4. The third-order valence-corrected chi connectivity index (χ3v) is 3.02. The first-order valence-electron chi connectivity index (χ1n) is 5.89. The minimum absolute atomic E-state index is 0.0681. The summed E-state index contributed by atoms with van der Waals surface area (Å²) in [6.07, 6.45) is 4.83. The number of allylic oxidation sites excluding steroid dienone is 2. The fraction of sp³-hybridized carbons (Fsp3) is 0.267. The second kappa shape index (κ2) is 7.72. The molecule has 0 heterocycles. The van der Waals surface area contributed by atoms with Gasteiger partial charge in [0.05, 0.1) is 5.92 Å². The molecule has 0 aliphatic rings. The summed E-state index contributed by atoms with van der Waals surface area (Å²) in [6.45, 7) is 7.34. The van der Waals surface area contributed by atoms with Crippen LogP contribution in [-0.2, 0) is 11.2 Å². The molecule has 0 radical (unpaired) electrons. The van der Waals surface area contributed by atoms with Crippen LogP contribution in [-0.4, -0.2) is 11.8 Å². The van der Waals surface area contributed by atoms with Crippen LogP contribution < -0.4 is 5.32 Å². The van der Waals surface area contributed by atoms with Gasteiger partial charge < -0.3 is 5.32 Å². The average molecular weight is 264 g/mol. The van der Waals surface area contributed by atoms with E-state index in [-0.39, 0.29) is 11.8 Å². The number of para-hydroxylation sites is 1. The molecule has 0 spiro atoms. The second-order valence-corrected chi connectivity index (χ2v) is 4.32. The summed E-state index contributed by atoms with van der Waals surface area (Å²) in [4.78, 5) is 12.0. The van der Waals surface area contributed by atoms with Gasteiger partial charge in [-0.15, -0.1) is 24.8 Å². The van der Waals surface area contributed by atoms with E-state index in [0.717, 1.165) is 17.7 Å². The minimum Gasteiger partial charge on any atom is -0.326 e. The molecule has 0 saturated heterocycles. The summed E-state index contributed by atoms with van der Waals surface area (Å²) in [7, 11) is 0. The summed E-state index contributed by atoms with van der Waals surface area (Å²) in [5.74, 6) is -0.0102. The number of amides is 1. The fourth-order valence-electron chi connectivity index (χ4n) is 1.65. The van der Waals surface area contributed by atoms with Crippen molar-refractivity contribution in [3.8, 4) is 0 Å². The standard InChI is InChI=1S/C15H18ClNO/c1-3-7-12-9-5-6-10-14(12)17-15(18)13(11-16)8-4-2/h3-6,9-10,13H,1-2,7-8,11H2,(H,17,18). The summed E-state index contributed by atoms with van der Waals surface area (Å²) in [5.41, 5.74) is 1.87. The molecule has 1 N–H and O–H groups in total. The van der Waals surface area contributed by atoms with Crippen molar-refractivity contribution < 1.29 is 4.79 Å². The van der Waals surface area contributed by atoms with Crippen molar-refractivity contribution in [2.45, 2.75) is 12.8 Å². The molecule has 0 saturated carbocycles. The first-order valence-corrected chi connectivity index (χ1v) is 6.42. The Morgan fingerprint density at radius 3 is 2.67 bits per heavy atom. The van der Waals surface area contributed by atoms with Crippen LogP contribution in [0.3, 0.4) is 0 Å². The van der Waals surface area contributed by atoms with Crippen LogP contribution in [0.25, 0.3) is 0 Å². The molecular formula is C15H18ClNO. The third kappa shape index (κ3) is 4.04. The largest absolute Gasteiger partial charge is 0.326 e. The van der Waals surface area contributed by atoms with E-state index in [4.69, 9.17) is 11.6 Å². The Labute approximate surface area is 113 Å². The van der Waals surface area contributed by atoms with Gasteiger partial charge in [0.2, 0.25) is 5.91 Å². The van der Waals surface area contributed by atoms with Crippen molar-refractivity contribution in [1.82, 2.24) is 0 Å². The Hall–Kier alpha value is -1.54. The van der Waals surface area contributed by atoms with E-state index >= 15 is 0 Å². The van der Waals surface area contributed by atoms with Crippen molar-refractivity contribution in [2.24, 2.45) is 5.92 Å². The number of alkyl halides is 1. The van der Waals surface area contributed by atoms with Gasteiger partial charge in [-0.25, -0.2) is 0 Å². The maximum atomic E-state index is 12.0. The zero-order valence-corrected chi connectivity index (χ0v) is 11.1. The molecule has 96 valence electrons. The predicted octanol–water partition coefficient (Wildman–Crippen LogP) is 3.78. The van der Waals surface area contributed by atoms with Crippen LogP contribution in [0.15, 0.2) is 49.6 Å². The van der Waals surface area contributed by atoms with E-state index in [1.165, 1.54) is 0 Å². The third-order valence-electron chi connectivity index (χ3n) is 2.65. The van der Waals surface area contributed by atoms with Crippen LogP contribution in [0.4, 0.5) is 5.69 Å². The minimum atomic E-state index is -0.235. The van der Waals surface area contributed by atoms with Gasteiger partial charge in [0.25, 0.3) is 0 Å². The first kappa shape index (κ1) is 14.5. The summed E-state index contributed by atoms with van der Waals surface area (Å²) in [5, 5.41) is 2.91. The molecule has 0 fully saturated rings. The van der Waals surface area contributed by atoms with Crippen molar-refractivity contribution in [3.63, 3.8) is 0 Å². The molecule has 1 aromatic carbocycles.